The highest BCUT2D eigenvalue weighted by Gasteiger charge is 2.25. The van der Waals surface area contributed by atoms with Crippen molar-refractivity contribution < 1.29 is 9.53 Å². The number of tetrazole rings is 1. The Labute approximate surface area is 151 Å². The minimum absolute atomic E-state index is 0.150. The number of aromatic nitrogens is 4. The summed E-state index contributed by atoms with van der Waals surface area (Å²) in [5.41, 5.74) is 0.773. The molecule has 1 unspecified atom stereocenters. The average Bonchev–Trinajstić information content (AvgIpc) is 3.10. The highest BCUT2D eigenvalue weighted by molar-refractivity contribution is 8.00. The largest absolute Gasteiger partial charge is 0.492 e. The van der Waals surface area contributed by atoms with Crippen molar-refractivity contribution >= 4 is 17.7 Å². The summed E-state index contributed by atoms with van der Waals surface area (Å²) in [6, 6.07) is 7.62. The zero-order valence-corrected chi connectivity index (χ0v) is 15.4. The summed E-state index contributed by atoms with van der Waals surface area (Å²) >= 11 is 1.38. The third kappa shape index (κ3) is 4.12. The molecule has 134 valence electrons. The molecule has 1 aromatic carbocycles. The van der Waals surface area contributed by atoms with Crippen molar-refractivity contribution in [2.75, 3.05) is 19.7 Å². The van der Waals surface area contributed by atoms with Gasteiger partial charge in [-0.05, 0) is 55.7 Å². The summed E-state index contributed by atoms with van der Waals surface area (Å²) in [5, 5.41) is 12.3. The van der Waals surface area contributed by atoms with Crippen molar-refractivity contribution in [1.29, 1.82) is 0 Å². The van der Waals surface area contributed by atoms with E-state index < -0.39 is 0 Å². The molecule has 0 N–H and O–H groups in total. The first-order valence-corrected chi connectivity index (χ1v) is 9.54. The van der Waals surface area contributed by atoms with E-state index in [2.05, 4.69) is 15.5 Å². The quantitative estimate of drug-likeness (QED) is 0.736. The fourth-order valence-electron chi connectivity index (χ4n) is 2.89. The van der Waals surface area contributed by atoms with Gasteiger partial charge in [-0.1, -0.05) is 23.9 Å². The van der Waals surface area contributed by atoms with E-state index in [0.717, 1.165) is 31.6 Å². The van der Waals surface area contributed by atoms with Gasteiger partial charge in [-0.25, -0.2) is 0 Å². The summed E-state index contributed by atoms with van der Waals surface area (Å²) in [6.07, 6.45) is 3.38. The highest BCUT2D eigenvalue weighted by Crippen LogP contribution is 2.28. The highest BCUT2D eigenvalue weighted by atomic mass is 32.2. The van der Waals surface area contributed by atoms with Gasteiger partial charge >= 0.3 is 0 Å². The minimum atomic E-state index is -0.234. The maximum Gasteiger partial charge on any atom is 0.235 e. The molecule has 1 amide bonds. The number of para-hydroxylation sites is 2. The van der Waals surface area contributed by atoms with Gasteiger partial charge in [0.1, 0.15) is 11.4 Å². The lowest BCUT2D eigenvalue weighted by Crippen LogP contribution is -2.40. The Morgan fingerprint density at radius 3 is 2.80 bits per heavy atom. The number of nitrogens with zero attached hydrogens (tertiary/aromatic N) is 5. The zero-order chi connectivity index (χ0) is 17.6. The van der Waals surface area contributed by atoms with E-state index in [1.54, 1.807) is 4.68 Å². The molecule has 1 aliphatic heterocycles. The second-order valence-corrected chi connectivity index (χ2v) is 7.23. The lowest BCUT2D eigenvalue weighted by Gasteiger charge is -2.28. The molecule has 0 spiro atoms. The van der Waals surface area contributed by atoms with Gasteiger partial charge in [-0.3, -0.25) is 4.79 Å². The molecule has 0 bridgehead atoms. The molecule has 25 heavy (non-hydrogen) atoms. The average molecular weight is 361 g/mol. The first-order chi connectivity index (χ1) is 12.2. The van der Waals surface area contributed by atoms with Crippen molar-refractivity contribution in [2.45, 2.75) is 43.5 Å². The van der Waals surface area contributed by atoms with Crippen molar-refractivity contribution in [3.63, 3.8) is 0 Å². The number of carbonyl (C=O) groups excluding carboxylic acids is 1. The number of likely N-dealkylation sites (tertiary alicyclic amines) is 1. The molecule has 1 saturated heterocycles. The zero-order valence-electron chi connectivity index (χ0n) is 14.6. The van der Waals surface area contributed by atoms with Crippen LogP contribution < -0.4 is 4.74 Å². The van der Waals surface area contributed by atoms with Crippen LogP contribution in [0.4, 0.5) is 0 Å². The Kier molecular flexibility index (Phi) is 5.91. The topological polar surface area (TPSA) is 73.1 Å². The molecule has 3 rings (SSSR count). The predicted molar refractivity (Wildman–Crippen MR) is 96.1 cm³/mol. The Morgan fingerprint density at radius 1 is 1.28 bits per heavy atom. The van der Waals surface area contributed by atoms with Crippen molar-refractivity contribution in [3.05, 3.63) is 24.3 Å². The van der Waals surface area contributed by atoms with Crippen molar-refractivity contribution in [1.82, 2.24) is 25.1 Å². The molecule has 2 heterocycles. The number of rotatable bonds is 6. The van der Waals surface area contributed by atoms with Crippen molar-refractivity contribution in [2.24, 2.45) is 0 Å². The summed E-state index contributed by atoms with van der Waals surface area (Å²) in [7, 11) is 0. The third-order valence-electron chi connectivity index (χ3n) is 4.13. The van der Waals surface area contributed by atoms with Crippen LogP contribution in [0.3, 0.4) is 0 Å². The molecule has 0 radical (unpaired) electrons. The summed E-state index contributed by atoms with van der Waals surface area (Å²) < 4.78 is 7.30. The molecule has 0 aliphatic carbocycles. The van der Waals surface area contributed by atoms with E-state index in [-0.39, 0.29) is 11.2 Å². The van der Waals surface area contributed by atoms with Crippen molar-refractivity contribution in [3.8, 4) is 11.4 Å². The first-order valence-electron chi connectivity index (χ1n) is 8.66. The molecular weight excluding hydrogens is 338 g/mol. The molecule has 1 atom stereocenters. The first kappa shape index (κ1) is 17.7. The predicted octanol–water partition coefficient (Wildman–Crippen LogP) is 2.55. The van der Waals surface area contributed by atoms with Crippen LogP contribution in [0, 0.1) is 0 Å². The molecule has 7 nitrogen and oxygen atoms in total. The molecule has 8 heteroatoms. The van der Waals surface area contributed by atoms with Crippen LogP contribution in [0.5, 0.6) is 5.75 Å². The molecular formula is C17H23N5O2S. The van der Waals surface area contributed by atoms with Crippen LogP contribution in [-0.2, 0) is 4.79 Å². The monoisotopic (exact) mass is 361 g/mol. The van der Waals surface area contributed by atoms with Gasteiger partial charge < -0.3 is 9.64 Å². The van der Waals surface area contributed by atoms with E-state index >= 15 is 0 Å². The standard InChI is InChI=1S/C17H23N5O2S/c1-3-24-15-10-6-5-9-14(15)22-17(18-19-20-22)25-13(2)16(23)21-11-7-4-8-12-21/h5-6,9-10,13H,3-4,7-8,11-12H2,1-2H3. The molecule has 1 fully saturated rings. The number of ether oxygens (including phenoxy) is 1. The number of thioether (sulfide) groups is 1. The number of piperidine rings is 1. The Balaban J connectivity index is 1.77. The SMILES string of the molecule is CCOc1ccccc1-n1nnnc1SC(C)C(=O)N1CCCCC1. The molecule has 2 aromatic rings. The van der Waals surface area contributed by atoms with Gasteiger partial charge in [0.05, 0.1) is 11.9 Å². The van der Waals surface area contributed by atoms with Gasteiger partial charge in [0, 0.05) is 13.1 Å². The Bertz CT molecular complexity index is 715. The number of amides is 1. The smallest absolute Gasteiger partial charge is 0.235 e. The van der Waals surface area contributed by atoms with E-state index in [1.807, 2.05) is 43.0 Å². The van der Waals surface area contributed by atoms with Crippen LogP contribution in [0.15, 0.2) is 29.4 Å². The third-order valence-corrected chi connectivity index (χ3v) is 5.15. The Morgan fingerprint density at radius 2 is 2.04 bits per heavy atom. The number of benzene rings is 1. The van der Waals surface area contributed by atoms with Crippen LogP contribution in [0.1, 0.15) is 33.1 Å². The van der Waals surface area contributed by atoms with Gasteiger partial charge in [-0.2, -0.15) is 4.68 Å². The van der Waals surface area contributed by atoms with Crippen LogP contribution in [-0.4, -0.2) is 56.0 Å². The van der Waals surface area contributed by atoms with Crippen LogP contribution >= 0.6 is 11.8 Å². The molecule has 1 aromatic heterocycles. The van der Waals surface area contributed by atoms with E-state index in [9.17, 15) is 4.79 Å². The molecule has 0 saturated carbocycles. The maximum atomic E-state index is 12.6. The molecule has 1 aliphatic rings. The fourth-order valence-corrected chi connectivity index (χ4v) is 3.78. The lowest BCUT2D eigenvalue weighted by atomic mass is 10.1. The van der Waals surface area contributed by atoms with Gasteiger partial charge in [-0.15, -0.1) is 5.10 Å². The fraction of sp³-hybridized carbons (Fsp3) is 0.529. The number of carbonyl (C=O) groups is 1. The van der Waals surface area contributed by atoms with E-state index in [1.165, 1.54) is 18.2 Å². The van der Waals surface area contributed by atoms with Gasteiger partial charge in [0.25, 0.3) is 0 Å². The van der Waals surface area contributed by atoms with E-state index in [0.29, 0.717) is 17.5 Å². The number of hydrogen-bond acceptors (Lipinski definition) is 6. The normalized spacial score (nSPS) is 15.8. The maximum absolute atomic E-state index is 12.6. The second kappa shape index (κ2) is 8.33. The summed E-state index contributed by atoms with van der Waals surface area (Å²) in [5.74, 6) is 0.867. The van der Waals surface area contributed by atoms with E-state index in [4.69, 9.17) is 4.74 Å². The number of hydrogen-bond donors (Lipinski definition) is 0. The minimum Gasteiger partial charge on any atom is -0.492 e. The van der Waals surface area contributed by atoms with Crippen LogP contribution in [0.25, 0.3) is 5.69 Å². The Hall–Kier alpha value is -2.09. The van der Waals surface area contributed by atoms with Crippen LogP contribution in [0.2, 0.25) is 0 Å². The second-order valence-electron chi connectivity index (χ2n) is 5.92. The lowest BCUT2D eigenvalue weighted by molar-refractivity contribution is -0.131. The van der Waals surface area contributed by atoms with Gasteiger partial charge in [0.2, 0.25) is 11.1 Å². The summed E-state index contributed by atoms with van der Waals surface area (Å²) in [4.78, 5) is 14.6. The summed E-state index contributed by atoms with van der Waals surface area (Å²) in [6.45, 7) is 6.11. The van der Waals surface area contributed by atoms with Gasteiger partial charge in [0.15, 0.2) is 0 Å².